The van der Waals surface area contributed by atoms with Gasteiger partial charge in [-0.15, -0.1) is 5.10 Å². The Labute approximate surface area is 155 Å². The molecule has 2 aromatic rings. The average molecular weight is 372 g/mol. The summed E-state index contributed by atoms with van der Waals surface area (Å²) in [5, 5.41) is 15.8. The molecule has 136 valence electrons. The highest BCUT2D eigenvalue weighted by molar-refractivity contribution is 7.03. The van der Waals surface area contributed by atoms with E-state index >= 15 is 0 Å². The summed E-state index contributed by atoms with van der Waals surface area (Å²) in [6.45, 7) is 2.06. The highest BCUT2D eigenvalue weighted by atomic mass is 32.1. The Balaban J connectivity index is 1.34. The van der Waals surface area contributed by atoms with Crippen molar-refractivity contribution in [3.05, 3.63) is 35.2 Å². The largest absolute Gasteiger partial charge is 0.389 e. The van der Waals surface area contributed by atoms with Crippen molar-refractivity contribution in [1.82, 2.24) is 19.4 Å². The molecule has 1 saturated carbocycles. The van der Waals surface area contributed by atoms with Crippen molar-refractivity contribution in [3.8, 4) is 11.3 Å². The highest BCUT2D eigenvalue weighted by Crippen LogP contribution is 2.38. The van der Waals surface area contributed by atoms with Gasteiger partial charge in [0.1, 0.15) is 5.69 Å². The van der Waals surface area contributed by atoms with Crippen LogP contribution in [-0.2, 0) is 4.79 Å². The van der Waals surface area contributed by atoms with Crippen molar-refractivity contribution in [2.75, 3.05) is 26.2 Å². The summed E-state index contributed by atoms with van der Waals surface area (Å²) in [4.78, 5) is 28.4. The van der Waals surface area contributed by atoms with Gasteiger partial charge in [-0.3, -0.25) is 9.59 Å². The monoisotopic (exact) mass is 372 g/mol. The summed E-state index contributed by atoms with van der Waals surface area (Å²) in [5.74, 6) is -0.0424. The van der Waals surface area contributed by atoms with Crippen LogP contribution in [0.4, 0.5) is 0 Å². The van der Waals surface area contributed by atoms with Crippen molar-refractivity contribution in [2.24, 2.45) is 0 Å². The number of piperazine rings is 1. The second-order valence-corrected chi connectivity index (χ2v) is 7.55. The van der Waals surface area contributed by atoms with E-state index in [4.69, 9.17) is 0 Å². The molecule has 0 bridgehead atoms. The Morgan fingerprint density at radius 1 is 1.08 bits per heavy atom. The van der Waals surface area contributed by atoms with Gasteiger partial charge < -0.3 is 14.9 Å². The number of hydrogen-bond donors (Lipinski definition) is 1. The first-order valence-corrected chi connectivity index (χ1v) is 9.55. The summed E-state index contributed by atoms with van der Waals surface area (Å²) in [5.41, 5.74) is 1.60. The predicted octanol–water partition coefficient (Wildman–Crippen LogP) is 1.40. The topological polar surface area (TPSA) is 86.6 Å². The minimum absolute atomic E-state index is 0.0154. The maximum absolute atomic E-state index is 12.7. The van der Waals surface area contributed by atoms with Gasteiger partial charge in [-0.1, -0.05) is 16.6 Å². The van der Waals surface area contributed by atoms with Crippen molar-refractivity contribution in [3.63, 3.8) is 0 Å². The van der Waals surface area contributed by atoms with Crippen LogP contribution in [-0.4, -0.2) is 68.1 Å². The number of benzene rings is 1. The van der Waals surface area contributed by atoms with Gasteiger partial charge >= 0.3 is 0 Å². The van der Waals surface area contributed by atoms with Gasteiger partial charge in [0.15, 0.2) is 0 Å². The zero-order valence-corrected chi connectivity index (χ0v) is 15.1. The lowest BCUT2D eigenvalue weighted by Crippen LogP contribution is -2.51. The quantitative estimate of drug-likeness (QED) is 0.877. The minimum Gasteiger partial charge on any atom is -0.389 e. The third-order valence-corrected chi connectivity index (χ3v) is 5.52. The van der Waals surface area contributed by atoms with Crippen LogP contribution >= 0.6 is 11.5 Å². The Morgan fingerprint density at radius 3 is 2.31 bits per heavy atom. The van der Waals surface area contributed by atoms with E-state index in [0.717, 1.165) is 11.3 Å². The lowest BCUT2D eigenvalue weighted by molar-refractivity contribution is -0.135. The van der Waals surface area contributed by atoms with E-state index in [1.165, 1.54) is 11.5 Å². The molecule has 1 N–H and O–H groups in total. The number of hydrogen-bond acceptors (Lipinski definition) is 6. The molecule has 1 aromatic heterocycles. The van der Waals surface area contributed by atoms with E-state index in [1.54, 1.807) is 21.9 Å². The molecule has 0 spiro atoms. The third kappa shape index (κ3) is 3.61. The van der Waals surface area contributed by atoms with E-state index in [-0.39, 0.29) is 18.2 Å². The zero-order chi connectivity index (χ0) is 18.1. The fourth-order valence-electron chi connectivity index (χ4n) is 3.13. The fourth-order valence-corrected chi connectivity index (χ4v) is 3.60. The first kappa shape index (κ1) is 17.1. The molecule has 1 aliphatic carbocycles. The molecule has 2 fully saturated rings. The summed E-state index contributed by atoms with van der Waals surface area (Å²) in [6.07, 6.45) is 1.63. The smallest absolute Gasteiger partial charge is 0.253 e. The Hall–Kier alpha value is -2.32. The lowest BCUT2D eigenvalue weighted by Gasteiger charge is -2.35. The van der Waals surface area contributed by atoms with Gasteiger partial charge in [-0.05, 0) is 36.5 Å². The molecule has 1 saturated heterocycles. The Bertz CT molecular complexity index is 794. The molecule has 0 radical (unpaired) electrons. The van der Waals surface area contributed by atoms with Gasteiger partial charge in [0.25, 0.3) is 5.91 Å². The normalized spacial score (nSPS) is 18.7. The van der Waals surface area contributed by atoms with Crippen LogP contribution in [0.5, 0.6) is 0 Å². The molecule has 2 aliphatic rings. The van der Waals surface area contributed by atoms with Crippen LogP contribution in [0.2, 0.25) is 0 Å². The van der Waals surface area contributed by atoms with Gasteiger partial charge in [-0.25, -0.2) is 0 Å². The summed E-state index contributed by atoms with van der Waals surface area (Å²) < 4.78 is 3.85. The average Bonchev–Trinajstić information content (AvgIpc) is 3.16. The molecule has 8 heteroatoms. The molecule has 0 unspecified atom stereocenters. The predicted molar refractivity (Wildman–Crippen MR) is 96.6 cm³/mol. The van der Waals surface area contributed by atoms with E-state index in [9.17, 15) is 14.7 Å². The van der Waals surface area contributed by atoms with Gasteiger partial charge in [0.2, 0.25) is 5.91 Å². The van der Waals surface area contributed by atoms with Crippen LogP contribution in [0.1, 0.15) is 29.6 Å². The fraction of sp³-hybridized carbons (Fsp3) is 0.444. The second kappa shape index (κ2) is 6.77. The molecule has 1 aromatic carbocycles. The number of carbonyl (C=O) groups excluding carboxylic acids is 2. The first-order valence-electron chi connectivity index (χ1n) is 8.71. The first-order chi connectivity index (χ1) is 12.5. The molecule has 4 rings (SSSR count). The lowest BCUT2D eigenvalue weighted by atomic mass is 10.1. The number of nitrogens with zero attached hydrogens (tertiary/aromatic N) is 4. The molecule has 2 amide bonds. The van der Waals surface area contributed by atoms with E-state index in [2.05, 4.69) is 9.59 Å². The number of aromatic nitrogens is 2. The standard InChI is InChI=1S/C18H20N4O3S/c23-16(11-18(25)5-6-18)21-7-9-22(10-8-21)17(24)14-3-1-13(2-4-14)15-12-26-20-19-15/h1-4,12,25H,5-11H2. The molecule has 0 atom stereocenters. The van der Waals surface area contributed by atoms with Crippen molar-refractivity contribution in [1.29, 1.82) is 0 Å². The molecule has 1 aliphatic heterocycles. The second-order valence-electron chi connectivity index (χ2n) is 6.94. The van der Waals surface area contributed by atoms with Gasteiger partial charge in [0, 0.05) is 42.7 Å². The van der Waals surface area contributed by atoms with Crippen LogP contribution in [0.25, 0.3) is 11.3 Å². The molecule has 26 heavy (non-hydrogen) atoms. The summed E-state index contributed by atoms with van der Waals surface area (Å²) in [6, 6.07) is 7.36. The van der Waals surface area contributed by atoms with E-state index < -0.39 is 5.60 Å². The van der Waals surface area contributed by atoms with Crippen LogP contribution in [0, 0.1) is 0 Å². The Kier molecular flexibility index (Phi) is 4.46. The number of carbonyl (C=O) groups is 2. The van der Waals surface area contributed by atoms with E-state index in [1.807, 2.05) is 17.5 Å². The van der Waals surface area contributed by atoms with Crippen LogP contribution in [0.3, 0.4) is 0 Å². The third-order valence-electron chi connectivity index (χ3n) is 5.01. The van der Waals surface area contributed by atoms with E-state index in [0.29, 0.717) is 44.6 Å². The number of rotatable bonds is 4. The molecular formula is C18H20N4O3S. The van der Waals surface area contributed by atoms with Gasteiger partial charge in [0.05, 0.1) is 12.0 Å². The highest BCUT2D eigenvalue weighted by Gasteiger charge is 2.43. The van der Waals surface area contributed by atoms with Gasteiger partial charge in [-0.2, -0.15) is 0 Å². The minimum atomic E-state index is -0.765. The maximum atomic E-state index is 12.7. The number of aliphatic hydroxyl groups is 1. The Morgan fingerprint density at radius 2 is 1.73 bits per heavy atom. The summed E-state index contributed by atoms with van der Waals surface area (Å²) in [7, 11) is 0. The number of amides is 2. The van der Waals surface area contributed by atoms with Crippen molar-refractivity contribution >= 4 is 23.3 Å². The molecule has 7 nitrogen and oxygen atoms in total. The molecular weight excluding hydrogens is 352 g/mol. The van der Waals surface area contributed by atoms with Crippen LogP contribution in [0.15, 0.2) is 29.6 Å². The van der Waals surface area contributed by atoms with Crippen LogP contribution < -0.4 is 0 Å². The maximum Gasteiger partial charge on any atom is 0.253 e. The SMILES string of the molecule is O=C(CC1(O)CC1)N1CCN(C(=O)c2ccc(-c3csnn3)cc2)CC1. The van der Waals surface area contributed by atoms with Crippen molar-refractivity contribution in [2.45, 2.75) is 24.9 Å². The summed E-state index contributed by atoms with van der Waals surface area (Å²) >= 11 is 1.29. The molecule has 2 heterocycles. The van der Waals surface area contributed by atoms with Crippen molar-refractivity contribution < 1.29 is 14.7 Å². The zero-order valence-electron chi connectivity index (χ0n) is 14.3.